The van der Waals surface area contributed by atoms with Gasteiger partial charge < -0.3 is 15.4 Å². The minimum atomic E-state index is -0.570. The molecule has 0 fully saturated rings. The molecule has 5 nitrogen and oxygen atoms in total. The van der Waals surface area contributed by atoms with E-state index >= 15 is 0 Å². The van der Waals surface area contributed by atoms with Crippen molar-refractivity contribution >= 4 is 33.4 Å². The van der Waals surface area contributed by atoms with Gasteiger partial charge in [-0.2, -0.15) is 0 Å². The van der Waals surface area contributed by atoms with E-state index in [4.69, 9.17) is 4.74 Å². The molecule has 0 atom stereocenters. The Morgan fingerprint density at radius 1 is 1.21 bits per heavy atom. The van der Waals surface area contributed by atoms with Crippen molar-refractivity contribution in [2.24, 2.45) is 0 Å². The van der Waals surface area contributed by atoms with Crippen LogP contribution in [0.3, 0.4) is 0 Å². The molecule has 0 aliphatic carbocycles. The third-order valence-electron chi connectivity index (χ3n) is 3.04. The van der Waals surface area contributed by atoms with Crippen LogP contribution in [-0.4, -0.2) is 25.0 Å². The zero-order valence-corrected chi connectivity index (χ0v) is 14.5. The lowest BCUT2D eigenvalue weighted by atomic mass is 10.1. The molecule has 0 saturated heterocycles. The van der Waals surface area contributed by atoms with Crippen LogP contribution in [-0.2, 0) is 4.79 Å². The highest BCUT2D eigenvalue weighted by Crippen LogP contribution is 2.21. The van der Waals surface area contributed by atoms with Crippen molar-refractivity contribution in [2.45, 2.75) is 6.92 Å². The average Bonchev–Trinajstić information content (AvgIpc) is 2.54. The van der Waals surface area contributed by atoms with Crippen LogP contribution in [0.4, 0.5) is 10.1 Å². The van der Waals surface area contributed by atoms with Crippen LogP contribution in [0.5, 0.6) is 5.75 Å². The maximum atomic E-state index is 13.6. The summed E-state index contributed by atoms with van der Waals surface area (Å²) in [7, 11) is 0. The lowest BCUT2D eigenvalue weighted by Gasteiger charge is -2.11. The van der Waals surface area contributed by atoms with Crippen LogP contribution >= 0.6 is 15.9 Å². The second-order valence-electron chi connectivity index (χ2n) is 4.82. The minimum Gasteiger partial charge on any atom is -0.481 e. The quantitative estimate of drug-likeness (QED) is 0.789. The number of para-hydroxylation sites is 1. The summed E-state index contributed by atoms with van der Waals surface area (Å²) >= 11 is 3.14. The lowest BCUT2D eigenvalue weighted by molar-refractivity contribution is -0.118. The summed E-state index contributed by atoms with van der Waals surface area (Å²) in [5, 5.41) is 5.26. The monoisotopic (exact) mass is 394 g/mol. The molecule has 126 valence electrons. The SMILES string of the molecule is CCNC(=O)c1ccccc1NC(=O)COc1ccc(Br)cc1F. The number of rotatable bonds is 6. The Labute approximate surface area is 147 Å². The number of halogens is 2. The zero-order chi connectivity index (χ0) is 17.5. The molecular weight excluding hydrogens is 379 g/mol. The molecular formula is C17H16BrFN2O3. The standard InChI is InChI=1S/C17H16BrFN2O3/c1-2-20-17(23)12-5-3-4-6-14(12)21-16(22)10-24-15-8-7-11(18)9-13(15)19/h3-9H,2,10H2,1H3,(H,20,23)(H,21,22). The molecule has 7 heteroatoms. The number of nitrogens with one attached hydrogen (secondary N) is 2. The Hall–Kier alpha value is -2.41. The average molecular weight is 395 g/mol. The predicted molar refractivity (Wildman–Crippen MR) is 92.7 cm³/mol. The molecule has 2 aromatic rings. The van der Waals surface area contributed by atoms with E-state index in [1.54, 1.807) is 37.3 Å². The first kappa shape index (κ1) is 17.9. The number of amides is 2. The van der Waals surface area contributed by atoms with Crippen molar-refractivity contribution in [1.29, 1.82) is 0 Å². The summed E-state index contributed by atoms with van der Waals surface area (Å²) < 4.78 is 19.4. The second kappa shape index (κ2) is 8.44. The Balaban J connectivity index is 2.01. The van der Waals surface area contributed by atoms with Crippen molar-refractivity contribution in [3.8, 4) is 5.75 Å². The molecule has 0 bridgehead atoms. The summed E-state index contributed by atoms with van der Waals surface area (Å²) in [5.41, 5.74) is 0.718. The minimum absolute atomic E-state index is 0.0228. The zero-order valence-electron chi connectivity index (χ0n) is 12.9. The van der Waals surface area contributed by atoms with Gasteiger partial charge in [-0.15, -0.1) is 0 Å². The van der Waals surface area contributed by atoms with Crippen LogP contribution in [0.25, 0.3) is 0 Å². The van der Waals surface area contributed by atoms with Crippen molar-refractivity contribution in [1.82, 2.24) is 5.32 Å². The number of anilines is 1. The molecule has 0 radical (unpaired) electrons. The molecule has 24 heavy (non-hydrogen) atoms. The fraction of sp³-hybridized carbons (Fsp3) is 0.176. The number of hydrogen-bond donors (Lipinski definition) is 2. The number of hydrogen-bond acceptors (Lipinski definition) is 3. The van der Waals surface area contributed by atoms with Gasteiger partial charge in [0.25, 0.3) is 11.8 Å². The van der Waals surface area contributed by atoms with Gasteiger partial charge in [0.15, 0.2) is 18.2 Å². The molecule has 2 aromatic carbocycles. The van der Waals surface area contributed by atoms with E-state index in [1.807, 2.05) is 0 Å². The molecule has 0 unspecified atom stereocenters. The van der Waals surface area contributed by atoms with Gasteiger partial charge in [-0.1, -0.05) is 28.1 Å². The highest BCUT2D eigenvalue weighted by molar-refractivity contribution is 9.10. The number of carbonyl (C=O) groups excluding carboxylic acids is 2. The Bertz CT molecular complexity index is 752. The van der Waals surface area contributed by atoms with Crippen LogP contribution in [0.1, 0.15) is 17.3 Å². The van der Waals surface area contributed by atoms with Crippen LogP contribution in [0.15, 0.2) is 46.9 Å². The Kier molecular flexibility index (Phi) is 6.31. The largest absolute Gasteiger partial charge is 0.481 e. The van der Waals surface area contributed by atoms with E-state index in [0.29, 0.717) is 22.3 Å². The van der Waals surface area contributed by atoms with Gasteiger partial charge in [0, 0.05) is 11.0 Å². The van der Waals surface area contributed by atoms with Crippen molar-refractivity contribution < 1.29 is 18.7 Å². The van der Waals surface area contributed by atoms with Gasteiger partial charge in [0.2, 0.25) is 0 Å². The van der Waals surface area contributed by atoms with Gasteiger partial charge in [-0.3, -0.25) is 9.59 Å². The molecule has 0 spiro atoms. The van der Waals surface area contributed by atoms with Gasteiger partial charge >= 0.3 is 0 Å². The Morgan fingerprint density at radius 3 is 2.67 bits per heavy atom. The maximum absolute atomic E-state index is 13.6. The van der Waals surface area contributed by atoms with Gasteiger partial charge in [-0.25, -0.2) is 4.39 Å². The van der Waals surface area contributed by atoms with Gasteiger partial charge in [0.05, 0.1) is 11.3 Å². The Morgan fingerprint density at radius 2 is 1.96 bits per heavy atom. The van der Waals surface area contributed by atoms with Gasteiger partial charge in [0.1, 0.15) is 0 Å². The topological polar surface area (TPSA) is 67.4 Å². The third kappa shape index (κ3) is 4.79. The van der Waals surface area contributed by atoms with E-state index < -0.39 is 11.7 Å². The van der Waals surface area contributed by atoms with Crippen LogP contribution < -0.4 is 15.4 Å². The number of benzene rings is 2. The summed E-state index contributed by atoms with van der Waals surface area (Å²) in [4.78, 5) is 24.0. The fourth-order valence-electron chi connectivity index (χ4n) is 1.97. The maximum Gasteiger partial charge on any atom is 0.262 e. The molecule has 2 rings (SSSR count). The fourth-order valence-corrected chi connectivity index (χ4v) is 2.30. The predicted octanol–water partition coefficient (Wildman–Crippen LogP) is 3.36. The highest BCUT2D eigenvalue weighted by atomic mass is 79.9. The van der Waals surface area contributed by atoms with Crippen LogP contribution in [0, 0.1) is 5.82 Å². The van der Waals surface area contributed by atoms with Crippen molar-refractivity contribution in [3.63, 3.8) is 0 Å². The van der Waals surface area contributed by atoms with Crippen molar-refractivity contribution in [2.75, 3.05) is 18.5 Å². The molecule has 0 saturated carbocycles. The van der Waals surface area contributed by atoms with E-state index in [2.05, 4.69) is 26.6 Å². The summed E-state index contributed by atoms with van der Waals surface area (Å²) in [6.07, 6.45) is 0. The second-order valence-corrected chi connectivity index (χ2v) is 5.73. The third-order valence-corrected chi connectivity index (χ3v) is 3.53. The van der Waals surface area contributed by atoms with Crippen molar-refractivity contribution in [3.05, 3.63) is 58.3 Å². The highest BCUT2D eigenvalue weighted by Gasteiger charge is 2.13. The van der Waals surface area contributed by atoms with E-state index in [9.17, 15) is 14.0 Å². The summed E-state index contributed by atoms with van der Waals surface area (Å²) in [5.74, 6) is -1.37. The first-order chi connectivity index (χ1) is 11.5. The van der Waals surface area contributed by atoms with E-state index in [-0.39, 0.29) is 18.3 Å². The first-order valence-corrected chi connectivity index (χ1v) is 8.05. The van der Waals surface area contributed by atoms with Crippen LogP contribution in [0.2, 0.25) is 0 Å². The number of ether oxygens (including phenoxy) is 1. The lowest BCUT2D eigenvalue weighted by Crippen LogP contribution is -2.26. The smallest absolute Gasteiger partial charge is 0.262 e. The molecule has 0 aromatic heterocycles. The summed E-state index contributed by atoms with van der Waals surface area (Å²) in [6.45, 7) is 1.91. The molecule has 0 heterocycles. The van der Waals surface area contributed by atoms with E-state index in [0.717, 1.165) is 0 Å². The first-order valence-electron chi connectivity index (χ1n) is 7.26. The molecule has 2 amide bonds. The van der Waals surface area contributed by atoms with Gasteiger partial charge in [-0.05, 0) is 37.3 Å². The van der Waals surface area contributed by atoms with E-state index in [1.165, 1.54) is 12.1 Å². The summed E-state index contributed by atoms with van der Waals surface area (Å²) in [6, 6.07) is 10.9. The molecule has 2 N–H and O–H groups in total. The molecule has 0 aliphatic rings. The number of carbonyl (C=O) groups is 2. The molecule has 0 aliphatic heterocycles. The normalized spacial score (nSPS) is 10.1.